The van der Waals surface area contributed by atoms with Crippen molar-refractivity contribution in [3.63, 3.8) is 0 Å². The van der Waals surface area contributed by atoms with Crippen LogP contribution in [0.1, 0.15) is 37.8 Å². The molecule has 0 spiro atoms. The van der Waals surface area contributed by atoms with Gasteiger partial charge in [0.15, 0.2) is 0 Å². The standard InChI is InChI=1S/C16H22N2O/c1-10(11-5-3-2-4-6-11)18-16(19)14-12-7-8-13(9-12)15(14)17/h2-6,10,12-15H,7-9,17H2,1H3,(H,18,19)/t10-,12?,13?,14?,15?/m0/s1. The van der Waals surface area contributed by atoms with Crippen LogP contribution in [-0.4, -0.2) is 11.9 Å². The first-order valence-corrected chi connectivity index (χ1v) is 7.27. The van der Waals surface area contributed by atoms with Crippen LogP contribution in [0.15, 0.2) is 30.3 Å². The van der Waals surface area contributed by atoms with E-state index in [0.29, 0.717) is 11.8 Å². The number of fused-ring (bicyclic) bond motifs is 2. The van der Waals surface area contributed by atoms with Crippen molar-refractivity contribution >= 4 is 5.91 Å². The highest BCUT2D eigenvalue weighted by atomic mass is 16.2. The van der Waals surface area contributed by atoms with Crippen molar-refractivity contribution in [2.45, 2.75) is 38.3 Å². The molecule has 4 unspecified atom stereocenters. The molecule has 0 heterocycles. The second-order valence-corrected chi connectivity index (χ2v) is 6.08. The normalized spacial score (nSPS) is 34.2. The number of rotatable bonds is 3. The highest BCUT2D eigenvalue weighted by Crippen LogP contribution is 2.47. The van der Waals surface area contributed by atoms with Crippen molar-refractivity contribution in [2.24, 2.45) is 23.5 Å². The number of hydrogen-bond donors (Lipinski definition) is 2. The van der Waals surface area contributed by atoms with E-state index >= 15 is 0 Å². The van der Waals surface area contributed by atoms with Gasteiger partial charge in [-0.2, -0.15) is 0 Å². The molecule has 1 aromatic carbocycles. The van der Waals surface area contributed by atoms with Crippen LogP contribution >= 0.6 is 0 Å². The quantitative estimate of drug-likeness (QED) is 0.873. The van der Waals surface area contributed by atoms with Crippen LogP contribution in [0.25, 0.3) is 0 Å². The smallest absolute Gasteiger partial charge is 0.225 e. The van der Waals surface area contributed by atoms with Crippen LogP contribution in [0.4, 0.5) is 0 Å². The summed E-state index contributed by atoms with van der Waals surface area (Å²) in [5.41, 5.74) is 7.36. The van der Waals surface area contributed by atoms with Crippen molar-refractivity contribution in [3.8, 4) is 0 Å². The number of amides is 1. The van der Waals surface area contributed by atoms with E-state index < -0.39 is 0 Å². The summed E-state index contributed by atoms with van der Waals surface area (Å²) in [7, 11) is 0. The van der Waals surface area contributed by atoms with Crippen molar-refractivity contribution < 1.29 is 4.79 Å². The van der Waals surface area contributed by atoms with E-state index in [1.807, 2.05) is 37.3 Å². The summed E-state index contributed by atoms with van der Waals surface area (Å²) in [4.78, 5) is 12.4. The lowest BCUT2D eigenvalue weighted by atomic mass is 9.84. The van der Waals surface area contributed by atoms with E-state index in [4.69, 9.17) is 5.73 Å². The Kier molecular flexibility index (Phi) is 3.31. The van der Waals surface area contributed by atoms with Crippen molar-refractivity contribution in [1.29, 1.82) is 0 Å². The molecule has 0 aromatic heterocycles. The van der Waals surface area contributed by atoms with Gasteiger partial charge in [-0.3, -0.25) is 4.79 Å². The summed E-state index contributed by atoms with van der Waals surface area (Å²) in [5.74, 6) is 1.27. The topological polar surface area (TPSA) is 55.1 Å². The van der Waals surface area contributed by atoms with Crippen LogP contribution in [0.5, 0.6) is 0 Å². The van der Waals surface area contributed by atoms with Crippen molar-refractivity contribution in [3.05, 3.63) is 35.9 Å². The molecule has 2 aliphatic rings. The molecule has 0 radical (unpaired) electrons. The minimum atomic E-state index is 0.0323. The largest absolute Gasteiger partial charge is 0.349 e. The van der Waals surface area contributed by atoms with Gasteiger partial charge < -0.3 is 11.1 Å². The highest BCUT2D eigenvalue weighted by Gasteiger charge is 2.49. The summed E-state index contributed by atoms with van der Waals surface area (Å²) < 4.78 is 0. The Morgan fingerprint density at radius 3 is 2.58 bits per heavy atom. The number of carbonyl (C=O) groups excluding carboxylic acids is 1. The minimum Gasteiger partial charge on any atom is -0.349 e. The second kappa shape index (κ2) is 4.97. The third-order valence-electron chi connectivity index (χ3n) is 4.94. The predicted octanol–water partition coefficient (Wildman–Crippen LogP) is 2.24. The first-order valence-electron chi connectivity index (χ1n) is 7.27. The fraction of sp³-hybridized carbons (Fsp3) is 0.562. The second-order valence-electron chi connectivity index (χ2n) is 6.08. The summed E-state index contributed by atoms with van der Waals surface area (Å²) in [6.07, 6.45) is 3.54. The third-order valence-corrected chi connectivity index (χ3v) is 4.94. The lowest BCUT2D eigenvalue weighted by Gasteiger charge is -2.28. The number of carbonyl (C=O) groups is 1. The van der Waals surface area contributed by atoms with Crippen LogP contribution in [0.3, 0.4) is 0 Å². The van der Waals surface area contributed by atoms with Gasteiger partial charge in [-0.15, -0.1) is 0 Å². The molecule has 1 amide bonds. The molecule has 3 N–H and O–H groups in total. The lowest BCUT2D eigenvalue weighted by molar-refractivity contribution is -0.127. The van der Waals surface area contributed by atoms with Gasteiger partial charge in [0.05, 0.1) is 12.0 Å². The molecular formula is C16H22N2O. The molecule has 3 heteroatoms. The predicted molar refractivity (Wildman–Crippen MR) is 75.3 cm³/mol. The van der Waals surface area contributed by atoms with E-state index in [1.54, 1.807) is 0 Å². The molecule has 0 aliphatic heterocycles. The Hall–Kier alpha value is -1.35. The maximum Gasteiger partial charge on any atom is 0.225 e. The molecule has 19 heavy (non-hydrogen) atoms. The van der Waals surface area contributed by atoms with Crippen LogP contribution in [0.2, 0.25) is 0 Å². The molecule has 0 saturated heterocycles. The Labute approximate surface area is 114 Å². The van der Waals surface area contributed by atoms with Crippen LogP contribution in [0, 0.1) is 17.8 Å². The monoisotopic (exact) mass is 258 g/mol. The molecule has 2 fully saturated rings. The fourth-order valence-electron chi connectivity index (χ4n) is 3.86. The van der Waals surface area contributed by atoms with Gasteiger partial charge in [0.1, 0.15) is 0 Å². The van der Waals surface area contributed by atoms with Crippen molar-refractivity contribution in [2.75, 3.05) is 0 Å². The Morgan fingerprint density at radius 2 is 1.95 bits per heavy atom. The SMILES string of the molecule is C[C@H](NC(=O)C1C2CCC(C2)C1N)c1ccccc1. The Bertz CT molecular complexity index is 457. The summed E-state index contributed by atoms with van der Waals surface area (Å²) in [6.45, 7) is 2.03. The van der Waals surface area contributed by atoms with Gasteiger partial charge in [-0.05, 0) is 43.6 Å². The van der Waals surface area contributed by atoms with E-state index in [-0.39, 0.29) is 23.9 Å². The zero-order chi connectivity index (χ0) is 13.4. The Balaban J connectivity index is 1.66. The lowest BCUT2D eigenvalue weighted by Crippen LogP contribution is -2.45. The first-order chi connectivity index (χ1) is 9.16. The zero-order valence-corrected chi connectivity index (χ0v) is 11.4. The van der Waals surface area contributed by atoms with E-state index in [0.717, 1.165) is 12.0 Å². The Morgan fingerprint density at radius 1 is 1.26 bits per heavy atom. The molecule has 5 atom stereocenters. The highest BCUT2D eigenvalue weighted by molar-refractivity contribution is 5.80. The molecule has 3 rings (SSSR count). The average molecular weight is 258 g/mol. The summed E-state index contributed by atoms with van der Waals surface area (Å²) in [5, 5.41) is 3.13. The summed E-state index contributed by atoms with van der Waals surface area (Å²) in [6, 6.07) is 10.2. The minimum absolute atomic E-state index is 0.0323. The molecule has 3 nitrogen and oxygen atoms in total. The first kappa shape index (κ1) is 12.7. The number of nitrogens with one attached hydrogen (secondary N) is 1. The van der Waals surface area contributed by atoms with E-state index in [2.05, 4.69) is 5.32 Å². The van der Waals surface area contributed by atoms with Crippen molar-refractivity contribution in [1.82, 2.24) is 5.32 Å². The van der Waals surface area contributed by atoms with Gasteiger partial charge in [-0.1, -0.05) is 30.3 Å². The van der Waals surface area contributed by atoms with Crippen LogP contribution < -0.4 is 11.1 Å². The van der Waals surface area contributed by atoms with Gasteiger partial charge >= 0.3 is 0 Å². The van der Waals surface area contributed by atoms with Crippen LogP contribution in [-0.2, 0) is 4.79 Å². The van der Waals surface area contributed by atoms with E-state index in [1.165, 1.54) is 12.8 Å². The zero-order valence-electron chi connectivity index (χ0n) is 11.4. The maximum absolute atomic E-state index is 12.4. The molecule has 2 aliphatic carbocycles. The van der Waals surface area contributed by atoms with Gasteiger partial charge in [0, 0.05) is 6.04 Å². The maximum atomic E-state index is 12.4. The summed E-state index contributed by atoms with van der Waals surface area (Å²) >= 11 is 0. The van der Waals surface area contributed by atoms with Gasteiger partial charge in [0.2, 0.25) is 5.91 Å². The van der Waals surface area contributed by atoms with E-state index in [9.17, 15) is 4.79 Å². The molecule has 1 aromatic rings. The number of nitrogens with two attached hydrogens (primary N) is 1. The van der Waals surface area contributed by atoms with Gasteiger partial charge in [-0.25, -0.2) is 0 Å². The molecule has 102 valence electrons. The number of hydrogen-bond acceptors (Lipinski definition) is 2. The molecule has 2 saturated carbocycles. The number of benzene rings is 1. The average Bonchev–Trinajstić information content (AvgIpc) is 3.00. The van der Waals surface area contributed by atoms with Gasteiger partial charge in [0.25, 0.3) is 0 Å². The molecule has 2 bridgehead atoms. The third kappa shape index (κ3) is 2.27. The molecular weight excluding hydrogens is 236 g/mol. The fourth-order valence-corrected chi connectivity index (χ4v) is 3.86.